The van der Waals surface area contributed by atoms with E-state index < -0.39 is 5.97 Å². The minimum Gasteiger partial charge on any atom is -0.465 e. The third-order valence-corrected chi connectivity index (χ3v) is 3.15. The molecule has 3 aromatic rings. The van der Waals surface area contributed by atoms with Crippen LogP contribution in [0.25, 0.3) is 22.1 Å². The summed E-state index contributed by atoms with van der Waals surface area (Å²) in [5, 5.41) is 9.35. The number of aliphatic hydroxyl groups excluding tert-OH is 1. The zero-order chi connectivity index (χ0) is 14.1. The van der Waals surface area contributed by atoms with Crippen molar-refractivity contribution in [1.29, 1.82) is 0 Å². The molecule has 0 amide bonds. The van der Waals surface area contributed by atoms with Gasteiger partial charge in [-0.3, -0.25) is 0 Å². The molecule has 0 bridgehead atoms. The summed E-state index contributed by atoms with van der Waals surface area (Å²) in [6.45, 7) is -0.103. The van der Waals surface area contributed by atoms with E-state index in [1.165, 1.54) is 7.11 Å². The molecular weight excluding hydrogens is 256 g/mol. The monoisotopic (exact) mass is 268 g/mol. The van der Waals surface area contributed by atoms with Gasteiger partial charge in [-0.2, -0.15) is 0 Å². The van der Waals surface area contributed by atoms with Crippen LogP contribution in [0, 0.1) is 0 Å². The van der Waals surface area contributed by atoms with E-state index >= 15 is 0 Å². The Morgan fingerprint density at radius 3 is 2.45 bits per heavy atom. The quantitative estimate of drug-likeness (QED) is 0.569. The van der Waals surface area contributed by atoms with E-state index in [1.807, 2.05) is 0 Å². The highest BCUT2D eigenvalue weighted by Crippen LogP contribution is 2.22. The van der Waals surface area contributed by atoms with Crippen LogP contribution in [0.15, 0.2) is 36.4 Å². The summed E-state index contributed by atoms with van der Waals surface area (Å²) in [6.07, 6.45) is 0. The first-order chi connectivity index (χ1) is 9.74. The van der Waals surface area contributed by atoms with E-state index in [0.717, 1.165) is 0 Å². The van der Waals surface area contributed by atoms with Crippen molar-refractivity contribution in [3.05, 3.63) is 47.5 Å². The van der Waals surface area contributed by atoms with Crippen molar-refractivity contribution >= 4 is 28.0 Å². The molecule has 0 fully saturated rings. The second kappa shape index (κ2) is 4.86. The number of fused-ring (bicyclic) bond motifs is 2. The van der Waals surface area contributed by atoms with Gasteiger partial charge in [0.15, 0.2) is 0 Å². The molecule has 20 heavy (non-hydrogen) atoms. The number of hydrogen-bond donors (Lipinski definition) is 1. The minimum absolute atomic E-state index is 0.103. The standard InChI is InChI=1S/C15H12N2O3/c1-20-15(19)10-5-3-7-12-14(10)17-11-6-2-4-9(8-18)13(11)16-12/h2-7,18H,8H2,1H3. The number of benzene rings is 2. The Hall–Kier alpha value is -2.53. The lowest BCUT2D eigenvalue weighted by atomic mass is 10.1. The van der Waals surface area contributed by atoms with Crippen molar-refractivity contribution in [3.8, 4) is 0 Å². The molecule has 2 aromatic carbocycles. The number of nitrogens with zero attached hydrogens (tertiary/aromatic N) is 2. The molecule has 0 atom stereocenters. The summed E-state index contributed by atoms with van der Waals surface area (Å²) >= 11 is 0. The molecule has 0 spiro atoms. The maximum atomic E-state index is 11.8. The third kappa shape index (κ3) is 1.88. The number of carbonyl (C=O) groups excluding carboxylic acids is 1. The molecule has 1 N–H and O–H groups in total. The van der Waals surface area contributed by atoms with Gasteiger partial charge in [0.1, 0.15) is 5.52 Å². The fraction of sp³-hybridized carbons (Fsp3) is 0.133. The maximum Gasteiger partial charge on any atom is 0.340 e. The van der Waals surface area contributed by atoms with Crippen molar-refractivity contribution in [2.75, 3.05) is 7.11 Å². The summed E-state index contributed by atoms with van der Waals surface area (Å²) in [4.78, 5) is 20.7. The number of carbonyl (C=O) groups is 1. The molecular formula is C15H12N2O3. The van der Waals surface area contributed by atoms with Gasteiger partial charge in [0.25, 0.3) is 0 Å². The van der Waals surface area contributed by atoms with Crippen molar-refractivity contribution in [3.63, 3.8) is 0 Å². The average Bonchev–Trinajstić information content (AvgIpc) is 2.51. The Labute approximate surface area is 114 Å². The molecule has 1 heterocycles. The number of aliphatic hydroxyl groups is 1. The van der Waals surface area contributed by atoms with Crippen molar-refractivity contribution in [2.24, 2.45) is 0 Å². The number of methoxy groups -OCH3 is 1. The van der Waals surface area contributed by atoms with Crippen LogP contribution >= 0.6 is 0 Å². The maximum absolute atomic E-state index is 11.8. The molecule has 0 aliphatic rings. The number of hydrogen-bond acceptors (Lipinski definition) is 5. The van der Waals surface area contributed by atoms with Gasteiger partial charge in [-0.15, -0.1) is 0 Å². The van der Waals surface area contributed by atoms with Crippen LogP contribution in [0.1, 0.15) is 15.9 Å². The fourth-order valence-corrected chi connectivity index (χ4v) is 2.18. The van der Waals surface area contributed by atoms with Gasteiger partial charge in [0, 0.05) is 5.56 Å². The summed E-state index contributed by atoms with van der Waals surface area (Å²) in [5.74, 6) is -0.442. The zero-order valence-corrected chi connectivity index (χ0v) is 10.8. The molecule has 100 valence electrons. The highest BCUT2D eigenvalue weighted by molar-refractivity contribution is 6.03. The van der Waals surface area contributed by atoms with Gasteiger partial charge in [0.2, 0.25) is 0 Å². The van der Waals surface area contributed by atoms with E-state index in [4.69, 9.17) is 4.74 Å². The molecule has 0 radical (unpaired) electrons. The van der Waals surface area contributed by atoms with Crippen molar-refractivity contribution in [2.45, 2.75) is 6.61 Å². The Bertz CT molecular complexity index is 815. The van der Waals surface area contributed by atoms with Gasteiger partial charge >= 0.3 is 5.97 Å². The zero-order valence-electron chi connectivity index (χ0n) is 10.8. The average molecular weight is 268 g/mol. The van der Waals surface area contributed by atoms with Crippen LogP contribution in [-0.2, 0) is 11.3 Å². The Kier molecular flexibility index (Phi) is 3.04. The SMILES string of the molecule is COC(=O)c1cccc2nc3c(CO)cccc3nc12. The summed E-state index contributed by atoms with van der Waals surface area (Å²) in [5.41, 5.74) is 3.47. The molecule has 0 aliphatic heterocycles. The number of para-hydroxylation sites is 2. The molecule has 1 aromatic heterocycles. The van der Waals surface area contributed by atoms with Gasteiger partial charge in [-0.25, -0.2) is 14.8 Å². The van der Waals surface area contributed by atoms with E-state index in [0.29, 0.717) is 33.2 Å². The number of esters is 1. The van der Waals surface area contributed by atoms with Crippen LogP contribution in [0.3, 0.4) is 0 Å². The molecule has 0 aliphatic carbocycles. The topological polar surface area (TPSA) is 72.3 Å². The molecule has 5 nitrogen and oxygen atoms in total. The van der Waals surface area contributed by atoms with E-state index in [1.54, 1.807) is 36.4 Å². The van der Waals surface area contributed by atoms with Crippen LogP contribution in [0.5, 0.6) is 0 Å². The molecule has 0 unspecified atom stereocenters. The lowest BCUT2D eigenvalue weighted by Gasteiger charge is -2.07. The normalized spacial score (nSPS) is 10.9. The van der Waals surface area contributed by atoms with E-state index in [2.05, 4.69) is 9.97 Å². The summed E-state index contributed by atoms with van der Waals surface area (Å²) < 4.78 is 4.75. The second-order valence-electron chi connectivity index (χ2n) is 4.33. The molecule has 0 saturated carbocycles. The fourth-order valence-electron chi connectivity index (χ4n) is 2.18. The largest absolute Gasteiger partial charge is 0.465 e. The molecule has 0 saturated heterocycles. The highest BCUT2D eigenvalue weighted by atomic mass is 16.5. The van der Waals surface area contributed by atoms with Crippen molar-refractivity contribution in [1.82, 2.24) is 9.97 Å². The number of rotatable bonds is 2. The number of aromatic nitrogens is 2. The Morgan fingerprint density at radius 2 is 1.75 bits per heavy atom. The summed E-state index contributed by atoms with van der Waals surface area (Å²) in [7, 11) is 1.33. The predicted octanol–water partition coefficient (Wildman–Crippen LogP) is 2.06. The summed E-state index contributed by atoms with van der Waals surface area (Å²) in [6, 6.07) is 10.6. The lowest BCUT2D eigenvalue weighted by molar-refractivity contribution is 0.0603. The van der Waals surface area contributed by atoms with Crippen LogP contribution in [0.2, 0.25) is 0 Å². The van der Waals surface area contributed by atoms with Gasteiger partial charge < -0.3 is 9.84 Å². The molecule has 3 rings (SSSR count). The number of ether oxygens (including phenoxy) is 1. The Balaban J connectivity index is 2.38. The Morgan fingerprint density at radius 1 is 1.10 bits per heavy atom. The van der Waals surface area contributed by atoms with Crippen LogP contribution in [-0.4, -0.2) is 28.2 Å². The molecule has 5 heteroatoms. The smallest absolute Gasteiger partial charge is 0.340 e. The first-order valence-corrected chi connectivity index (χ1v) is 6.12. The lowest BCUT2D eigenvalue weighted by Crippen LogP contribution is -2.04. The first kappa shape index (κ1) is 12.5. The van der Waals surface area contributed by atoms with Crippen LogP contribution in [0.4, 0.5) is 0 Å². The van der Waals surface area contributed by atoms with Gasteiger partial charge in [0.05, 0.1) is 35.8 Å². The van der Waals surface area contributed by atoms with Gasteiger partial charge in [-0.1, -0.05) is 18.2 Å². The van der Waals surface area contributed by atoms with Crippen LogP contribution < -0.4 is 0 Å². The minimum atomic E-state index is -0.442. The highest BCUT2D eigenvalue weighted by Gasteiger charge is 2.13. The first-order valence-electron chi connectivity index (χ1n) is 6.12. The van der Waals surface area contributed by atoms with Crippen molar-refractivity contribution < 1.29 is 14.6 Å². The van der Waals surface area contributed by atoms with E-state index in [9.17, 15) is 9.90 Å². The van der Waals surface area contributed by atoms with E-state index in [-0.39, 0.29) is 6.61 Å². The second-order valence-corrected chi connectivity index (χ2v) is 4.33. The predicted molar refractivity (Wildman–Crippen MR) is 74.3 cm³/mol. The van der Waals surface area contributed by atoms with Gasteiger partial charge in [-0.05, 0) is 18.2 Å². The third-order valence-electron chi connectivity index (χ3n) is 3.15.